The first-order chi connectivity index (χ1) is 12.2. The molecule has 2 bridgehead atoms. The molecule has 3 rings (SSSR count). The van der Waals surface area contributed by atoms with E-state index in [4.69, 9.17) is 9.47 Å². The average molecular weight is 529 g/mol. The lowest BCUT2D eigenvalue weighted by molar-refractivity contribution is -0.204. The SMILES string of the molecule is CC1(NC(=O)C(F)(F)S)CC2CC3C(CC3OCC(F)(F)C(F)(I)CO2)C1. The van der Waals surface area contributed by atoms with Gasteiger partial charge in [-0.15, -0.1) is 0 Å². The van der Waals surface area contributed by atoms with E-state index in [-0.39, 0.29) is 18.3 Å². The number of carbonyl (C=O) groups is 1. The standard InChI is InChI=1S/C16H21F5INO3S/c1-13(23-12(24)16(20,21)27)4-8-2-11-10(8)3-9(5-13)25-7-15(19,22)14(17,18)6-26-11/h8-11,27H,2-7H2,1H3,(H,23,24). The number of hydrogen-bond donors (Lipinski definition) is 2. The first kappa shape index (κ1) is 21.8. The third-order valence-electron chi connectivity index (χ3n) is 5.75. The maximum absolute atomic E-state index is 14.5. The van der Waals surface area contributed by atoms with Crippen LogP contribution in [0.15, 0.2) is 0 Å². The third kappa shape index (κ3) is 4.50. The molecule has 2 aliphatic carbocycles. The van der Waals surface area contributed by atoms with Gasteiger partial charge in [-0.1, -0.05) is 12.6 Å². The van der Waals surface area contributed by atoms with Gasteiger partial charge in [-0.2, -0.15) is 17.6 Å². The second kappa shape index (κ2) is 7.12. The number of hydrogen-bond acceptors (Lipinski definition) is 4. The predicted octanol–water partition coefficient (Wildman–Crippen LogP) is 3.72. The van der Waals surface area contributed by atoms with Crippen LogP contribution in [0.1, 0.15) is 32.6 Å². The highest BCUT2D eigenvalue weighted by atomic mass is 127. The lowest BCUT2D eigenvalue weighted by Gasteiger charge is -2.47. The van der Waals surface area contributed by atoms with Gasteiger partial charge in [0, 0.05) is 5.54 Å². The Morgan fingerprint density at radius 2 is 1.85 bits per heavy atom. The maximum atomic E-state index is 14.5. The fourth-order valence-electron chi connectivity index (χ4n) is 4.30. The summed E-state index contributed by atoms with van der Waals surface area (Å²) in [6, 6.07) is 0. The lowest BCUT2D eigenvalue weighted by atomic mass is 9.66. The van der Waals surface area contributed by atoms with Crippen LogP contribution in [0.5, 0.6) is 0 Å². The molecule has 0 radical (unpaired) electrons. The van der Waals surface area contributed by atoms with Gasteiger partial charge in [-0.25, -0.2) is 4.39 Å². The molecule has 0 aromatic rings. The Labute approximate surface area is 172 Å². The van der Waals surface area contributed by atoms with Gasteiger partial charge < -0.3 is 14.8 Å². The number of alkyl halides is 6. The first-order valence-electron chi connectivity index (χ1n) is 8.64. The van der Waals surface area contributed by atoms with Crippen LogP contribution in [-0.4, -0.2) is 51.7 Å². The summed E-state index contributed by atoms with van der Waals surface area (Å²) < 4.78 is 77.0. The van der Waals surface area contributed by atoms with Gasteiger partial charge in [0.25, 0.3) is 0 Å². The van der Waals surface area contributed by atoms with Gasteiger partial charge >= 0.3 is 17.1 Å². The summed E-state index contributed by atoms with van der Waals surface area (Å²) in [7, 11) is 0. The molecule has 6 unspecified atom stereocenters. The van der Waals surface area contributed by atoms with Crippen LogP contribution >= 0.6 is 35.2 Å². The van der Waals surface area contributed by atoms with Gasteiger partial charge in [0.1, 0.15) is 6.61 Å². The molecule has 4 nitrogen and oxygen atoms in total. The van der Waals surface area contributed by atoms with E-state index in [1.54, 1.807) is 6.92 Å². The minimum absolute atomic E-state index is 0.0187. The molecule has 0 spiro atoms. The predicted molar refractivity (Wildman–Crippen MR) is 98.2 cm³/mol. The molecule has 1 saturated heterocycles. The molecule has 27 heavy (non-hydrogen) atoms. The van der Waals surface area contributed by atoms with Crippen molar-refractivity contribution >= 4 is 41.1 Å². The molecule has 3 aliphatic rings. The van der Waals surface area contributed by atoms with E-state index >= 15 is 0 Å². The number of nitrogens with one attached hydrogen (secondary N) is 1. The summed E-state index contributed by atoms with van der Waals surface area (Å²) in [6.45, 7) is -0.282. The zero-order valence-electron chi connectivity index (χ0n) is 14.5. The Bertz CT molecular complexity index is 605. The van der Waals surface area contributed by atoms with Crippen molar-refractivity contribution in [2.24, 2.45) is 11.8 Å². The van der Waals surface area contributed by atoms with E-state index in [9.17, 15) is 26.7 Å². The monoisotopic (exact) mass is 529 g/mol. The molecular formula is C16H21F5INO3S. The summed E-state index contributed by atoms with van der Waals surface area (Å²) in [5.41, 5.74) is -1.04. The van der Waals surface area contributed by atoms with E-state index in [0.717, 1.165) is 22.6 Å². The Kier molecular flexibility index (Phi) is 5.75. The van der Waals surface area contributed by atoms with Gasteiger partial charge in [-0.3, -0.25) is 4.79 Å². The minimum atomic E-state index is -3.84. The van der Waals surface area contributed by atoms with E-state index < -0.39 is 51.7 Å². The summed E-state index contributed by atoms with van der Waals surface area (Å²) in [6.07, 6.45) is 0.271. The van der Waals surface area contributed by atoms with Crippen LogP contribution in [0.3, 0.4) is 0 Å². The Hall–Kier alpha value is 0.120. The van der Waals surface area contributed by atoms with Gasteiger partial charge in [-0.05, 0) is 67.0 Å². The second-order valence-corrected chi connectivity index (χ2v) is 10.3. The molecule has 1 N–H and O–H groups in total. The highest BCUT2D eigenvalue weighted by Gasteiger charge is 2.58. The molecule has 156 valence electrons. The quantitative estimate of drug-likeness (QED) is 0.248. The highest BCUT2D eigenvalue weighted by molar-refractivity contribution is 14.1. The highest BCUT2D eigenvalue weighted by Crippen LogP contribution is 2.51. The van der Waals surface area contributed by atoms with Crippen LogP contribution in [0.2, 0.25) is 0 Å². The van der Waals surface area contributed by atoms with Crippen LogP contribution in [0.25, 0.3) is 0 Å². The normalized spacial score (nSPS) is 44.6. The smallest absolute Gasteiger partial charge is 0.367 e. The van der Waals surface area contributed by atoms with Crippen molar-refractivity contribution in [3.05, 3.63) is 0 Å². The van der Waals surface area contributed by atoms with E-state index in [0.29, 0.717) is 19.3 Å². The van der Waals surface area contributed by atoms with Crippen molar-refractivity contribution in [3.63, 3.8) is 0 Å². The lowest BCUT2D eigenvalue weighted by Crippen LogP contribution is -2.54. The number of rotatable bonds is 2. The number of ether oxygens (including phenoxy) is 2. The molecule has 3 fully saturated rings. The van der Waals surface area contributed by atoms with Crippen LogP contribution in [-0.2, 0) is 14.3 Å². The molecule has 6 atom stereocenters. The fraction of sp³-hybridized carbons (Fsp3) is 0.938. The van der Waals surface area contributed by atoms with Crippen molar-refractivity contribution < 1.29 is 36.2 Å². The molecule has 1 amide bonds. The first-order valence-corrected chi connectivity index (χ1v) is 10.2. The topological polar surface area (TPSA) is 47.6 Å². The van der Waals surface area contributed by atoms with Crippen molar-refractivity contribution in [2.75, 3.05) is 13.2 Å². The van der Waals surface area contributed by atoms with E-state index in [1.165, 1.54) is 0 Å². The molecule has 1 aliphatic heterocycles. The van der Waals surface area contributed by atoms with E-state index in [2.05, 4.69) is 17.9 Å². The Morgan fingerprint density at radius 1 is 1.19 bits per heavy atom. The van der Waals surface area contributed by atoms with Crippen molar-refractivity contribution in [3.8, 4) is 0 Å². The largest absolute Gasteiger partial charge is 0.374 e. The summed E-state index contributed by atoms with van der Waals surface area (Å²) in [5.74, 6) is -5.32. The zero-order valence-corrected chi connectivity index (χ0v) is 17.5. The van der Waals surface area contributed by atoms with Crippen molar-refractivity contribution in [2.45, 2.75) is 65.2 Å². The maximum Gasteiger partial charge on any atom is 0.367 e. The molecule has 0 aromatic carbocycles. The number of halogens is 6. The number of thiol groups is 1. The number of amides is 1. The average Bonchev–Trinajstić information content (AvgIpc) is 2.60. The molecule has 11 heteroatoms. The minimum Gasteiger partial charge on any atom is -0.374 e. The summed E-state index contributed by atoms with van der Waals surface area (Å²) in [5, 5.41) is -1.51. The van der Waals surface area contributed by atoms with Crippen LogP contribution < -0.4 is 5.32 Å². The van der Waals surface area contributed by atoms with Gasteiger partial charge in [0.2, 0.25) is 3.68 Å². The number of carbonyl (C=O) groups excluding carboxylic acids is 1. The van der Waals surface area contributed by atoms with Gasteiger partial charge in [0.15, 0.2) is 0 Å². The fourth-order valence-corrected chi connectivity index (χ4v) is 4.69. The second-order valence-electron chi connectivity index (χ2n) is 8.05. The molecule has 0 aromatic heterocycles. The Morgan fingerprint density at radius 3 is 2.48 bits per heavy atom. The Balaban J connectivity index is 1.82. The zero-order chi connectivity index (χ0) is 20.3. The molecule has 1 heterocycles. The summed E-state index contributed by atoms with van der Waals surface area (Å²) in [4.78, 5) is 11.7. The number of fused-ring (bicyclic) bond motifs is 1. The molecule has 2 saturated carbocycles. The molecular weight excluding hydrogens is 508 g/mol. The van der Waals surface area contributed by atoms with Crippen LogP contribution in [0, 0.1) is 11.8 Å². The van der Waals surface area contributed by atoms with E-state index in [1.807, 2.05) is 0 Å². The van der Waals surface area contributed by atoms with Crippen LogP contribution in [0.4, 0.5) is 22.0 Å². The van der Waals surface area contributed by atoms with Crippen molar-refractivity contribution in [1.82, 2.24) is 5.32 Å². The van der Waals surface area contributed by atoms with Crippen molar-refractivity contribution in [1.29, 1.82) is 0 Å². The third-order valence-corrected chi connectivity index (χ3v) is 7.05. The van der Waals surface area contributed by atoms with Gasteiger partial charge in [0.05, 0.1) is 18.8 Å². The summed E-state index contributed by atoms with van der Waals surface area (Å²) >= 11 is 4.02.